The maximum absolute atomic E-state index is 12.4. The van der Waals surface area contributed by atoms with Crippen LogP contribution in [0, 0.1) is 0 Å². The average Bonchev–Trinajstić information content (AvgIpc) is 3.15. The molecule has 0 radical (unpaired) electrons. The summed E-state index contributed by atoms with van der Waals surface area (Å²) >= 11 is 1.41. The van der Waals surface area contributed by atoms with Crippen molar-refractivity contribution >= 4 is 17.2 Å². The molecule has 0 saturated carbocycles. The fourth-order valence-corrected chi connectivity index (χ4v) is 3.32. The topological polar surface area (TPSA) is 64.1 Å². The number of carbonyl (C=O) groups excluding carboxylic acids is 1. The number of nitrogens with zero attached hydrogens (tertiary/aromatic N) is 2. The fourth-order valence-electron chi connectivity index (χ4n) is 2.51. The molecule has 2 aromatic heterocycles. The third-order valence-electron chi connectivity index (χ3n) is 3.94. The van der Waals surface area contributed by atoms with Gasteiger partial charge in [-0.25, -0.2) is 4.98 Å². The lowest BCUT2D eigenvalue weighted by Crippen LogP contribution is -2.27. The van der Waals surface area contributed by atoms with E-state index < -0.39 is 18.8 Å². The Kier molecular flexibility index (Phi) is 6.48. The van der Waals surface area contributed by atoms with E-state index in [0.717, 1.165) is 10.6 Å². The Morgan fingerprint density at radius 3 is 2.62 bits per heavy atom. The van der Waals surface area contributed by atoms with Gasteiger partial charge in [-0.3, -0.25) is 9.78 Å². The zero-order chi connectivity index (χ0) is 20.9. The van der Waals surface area contributed by atoms with Crippen LogP contribution in [-0.2, 0) is 6.42 Å². The minimum atomic E-state index is -4.41. The monoisotopic (exact) mass is 421 g/mol. The molecule has 29 heavy (non-hydrogen) atoms. The maximum Gasteiger partial charge on any atom is 0.422 e. The van der Waals surface area contributed by atoms with Gasteiger partial charge in [0.05, 0.1) is 22.9 Å². The van der Waals surface area contributed by atoms with E-state index in [-0.39, 0.29) is 11.7 Å². The van der Waals surface area contributed by atoms with Crippen LogP contribution >= 0.6 is 11.3 Å². The highest BCUT2D eigenvalue weighted by atomic mass is 32.1. The van der Waals surface area contributed by atoms with E-state index in [0.29, 0.717) is 17.8 Å². The number of benzene rings is 1. The second kappa shape index (κ2) is 9.04. The lowest BCUT2D eigenvalue weighted by atomic mass is 10.2. The van der Waals surface area contributed by atoms with Crippen LogP contribution in [0.1, 0.15) is 39.7 Å². The van der Waals surface area contributed by atoms with Crippen LogP contribution in [0.25, 0.3) is 0 Å². The number of thiazole rings is 1. The number of nitrogens with one attached hydrogen (secondary N) is 1. The van der Waals surface area contributed by atoms with Crippen molar-refractivity contribution in [1.82, 2.24) is 15.3 Å². The third kappa shape index (κ3) is 6.28. The Hall–Kier alpha value is -2.94. The molecule has 3 rings (SSSR count). The molecule has 1 unspecified atom stereocenters. The van der Waals surface area contributed by atoms with Crippen molar-refractivity contribution in [1.29, 1.82) is 0 Å². The van der Waals surface area contributed by atoms with Crippen LogP contribution in [0.3, 0.4) is 0 Å². The number of aromatic nitrogens is 2. The van der Waals surface area contributed by atoms with Gasteiger partial charge in [-0.2, -0.15) is 13.2 Å². The SMILES string of the molecule is CC(NC(=O)c1csc(Cc2ccccc2)n1)c1ccc(OCC(F)(F)F)cn1. The molecule has 1 atom stereocenters. The van der Waals surface area contributed by atoms with Crippen molar-refractivity contribution in [2.45, 2.75) is 25.6 Å². The summed E-state index contributed by atoms with van der Waals surface area (Å²) in [5.74, 6) is -0.332. The zero-order valence-electron chi connectivity index (χ0n) is 15.4. The van der Waals surface area contributed by atoms with Gasteiger partial charge in [-0.1, -0.05) is 30.3 Å². The molecule has 2 heterocycles. The van der Waals surface area contributed by atoms with Crippen molar-refractivity contribution in [3.8, 4) is 5.75 Å². The highest BCUT2D eigenvalue weighted by molar-refractivity contribution is 7.09. The number of halogens is 3. The van der Waals surface area contributed by atoms with Gasteiger partial charge in [0.15, 0.2) is 6.61 Å². The molecule has 5 nitrogen and oxygen atoms in total. The summed E-state index contributed by atoms with van der Waals surface area (Å²) in [6.45, 7) is 0.350. The normalized spacial score (nSPS) is 12.4. The summed E-state index contributed by atoms with van der Waals surface area (Å²) in [7, 11) is 0. The highest BCUT2D eigenvalue weighted by Crippen LogP contribution is 2.20. The molecule has 0 spiro atoms. The lowest BCUT2D eigenvalue weighted by molar-refractivity contribution is -0.153. The van der Waals surface area contributed by atoms with Gasteiger partial charge in [-0.15, -0.1) is 11.3 Å². The number of carbonyl (C=O) groups is 1. The molecule has 3 aromatic rings. The van der Waals surface area contributed by atoms with E-state index in [1.807, 2.05) is 30.3 Å². The summed E-state index contributed by atoms with van der Waals surface area (Å²) in [6.07, 6.45) is -2.56. The van der Waals surface area contributed by atoms with Gasteiger partial charge in [0.2, 0.25) is 0 Å². The Labute approximate surface area is 169 Å². The number of amides is 1. The molecule has 1 amide bonds. The maximum atomic E-state index is 12.4. The minimum absolute atomic E-state index is 0.00894. The van der Waals surface area contributed by atoms with Crippen LogP contribution in [0.2, 0.25) is 0 Å². The van der Waals surface area contributed by atoms with Crippen molar-refractivity contribution in [3.63, 3.8) is 0 Å². The number of hydrogen-bond donors (Lipinski definition) is 1. The summed E-state index contributed by atoms with van der Waals surface area (Å²) in [4.78, 5) is 20.9. The third-order valence-corrected chi connectivity index (χ3v) is 4.78. The first-order valence-corrected chi connectivity index (χ1v) is 9.63. The Bertz CT molecular complexity index is 944. The largest absolute Gasteiger partial charge is 0.483 e. The van der Waals surface area contributed by atoms with Gasteiger partial charge in [0.25, 0.3) is 5.91 Å². The predicted octanol–water partition coefficient (Wildman–Crippen LogP) is 4.56. The van der Waals surface area contributed by atoms with Crippen LogP contribution in [-0.4, -0.2) is 28.7 Å². The molecule has 1 aromatic carbocycles. The van der Waals surface area contributed by atoms with Gasteiger partial charge < -0.3 is 10.1 Å². The molecule has 9 heteroatoms. The van der Waals surface area contributed by atoms with Crippen LogP contribution in [0.4, 0.5) is 13.2 Å². The smallest absolute Gasteiger partial charge is 0.422 e. The number of hydrogen-bond acceptors (Lipinski definition) is 5. The molecule has 0 fully saturated rings. The molecule has 0 aliphatic rings. The van der Waals surface area contributed by atoms with E-state index in [9.17, 15) is 18.0 Å². The summed E-state index contributed by atoms with van der Waals surface area (Å²) in [5.41, 5.74) is 1.93. The van der Waals surface area contributed by atoms with Crippen LogP contribution in [0.15, 0.2) is 54.0 Å². The number of pyridine rings is 1. The Morgan fingerprint density at radius 2 is 1.97 bits per heavy atom. The minimum Gasteiger partial charge on any atom is -0.483 e. The number of ether oxygens (including phenoxy) is 1. The second-order valence-electron chi connectivity index (χ2n) is 6.31. The van der Waals surface area contributed by atoms with Crippen molar-refractivity contribution in [3.05, 3.63) is 76.0 Å². The molecule has 0 saturated heterocycles. The first-order chi connectivity index (χ1) is 13.8. The Morgan fingerprint density at radius 1 is 1.21 bits per heavy atom. The number of rotatable bonds is 7. The predicted molar refractivity (Wildman–Crippen MR) is 103 cm³/mol. The molecule has 0 aliphatic carbocycles. The average molecular weight is 421 g/mol. The summed E-state index contributed by atoms with van der Waals surface area (Å²) < 4.78 is 41.2. The van der Waals surface area contributed by atoms with Gasteiger partial charge in [0.1, 0.15) is 11.4 Å². The van der Waals surface area contributed by atoms with Crippen LogP contribution < -0.4 is 10.1 Å². The van der Waals surface area contributed by atoms with Gasteiger partial charge in [-0.05, 0) is 24.6 Å². The van der Waals surface area contributed by atoms with Crippen molar-refractivity contribution in [2.75, 3.05) is 6.61 Å². The molecular formula is C20H18F3N3O2S. The zero-order valence-corrected chi connectivity index (χ0v) is 16.3. The molecule has 0 aliphatic heterocycles. The summed E-state index contributed by atoms with van der Waals surface area (Å²) in [5, 5.41) is 5.32. The van der Waals surface area contributed by atoms with Crippen molar-refractivity contribution < 1.29 is 22.7 Å². The molecule has 1 N–H and O–H groups in total. The molecular weight excluding hydrogens is 403 g/mol. The standard InChI is InChI=1S/C20H18F3N3O2S/c1-13(16-8-7-15(10-24-16)28-12-20(21,22)23)25-19(27)17-11-29-18(26-17)9-14-5-3-2-4-6-14/h2-8,10-11,13H,9,12H2,1H3,(H,25,27). The quantitative estimate of drug-likeness (QED) is 0.607. The van der Waals surface area contributed by atoms with Crippen molar-refractivity contribution in [2.24, 2.45) is 0 Å². The van der Waals surface area contributed by atoms with Crippen LogP contribution in [0.5, 0.6) is 5.75 Å². The van der Waals surface area contributed by atoms with E-state index in [4.69, 9.17) is 0 Å². The summed E-state index contributed by atoms with van der Waals surface area (Å²) in [6, 6.07) is 12.3. The molecule has 152 valence electrons. The first-order valence-electron chi connectivity index (χ1n) is 8.75. The molecule has 0 bridgehead atoms. The Balaban J connectivity index is 1.56. The first kappa shape index (κ1) is 20.8. The lowest BCUT2D eigenvalue weighted by Gasteiger charge is -2.13. The fraction of sp³-hybridized carbons (Fsp3) is 0.250. The number of alkyl halides is 3. The van der Waals surface area contributed by atoms with E-state index in [1.165, 1.54) is 29.7 Å². The highest BCUT2D eigenvalue weighted by Gasteiger charge is 2.28. The van der Waals surface area contributed by atoms with E-state index in [1.54, 1.807) is 12.3 Å². The second-order valence-corrected chi connectivity index (χ2v) is 7.25. The van der Waals surface area contributed by atoms with E-state index >= 15 is 0 Å². The van der Waals surface area contributed by atoms with E-state index in [2.05, 4.69) is 20.0 Å². The van der Waals surface area contributed by atoms with Gasteiger partial charge in [0, 0.05) is 11.8 Å². The van der Waals surface area contributed by atoms with Gasteiger partial charge >= 0.3 is 6.18 Å².